The molecule has 0 bridgehead atoms. The van der Waals surface area contributed by atoms with Gasteiger partial charge in [0.25, 0.3) is 5.91 Å². The maximum Gasteiger partial charge on any atom is 0.322 e. The Balaban J connectivity index is 1.61. The SMILES string of the molecule is COc1ccc2c(c1)C(=O)N(C[C@@H](C#Cc1c(N)ccc3scnc13)NC(=O)NC=O)C2. The number of nitrogens with one attached hydrogen (secondary N) is 2. The summed E-state index contributed by atoms with van der Waals surface area (Å²) >= 11 is 1.47. The molecule has 2 heterocycles. The highest BCUT2D eigenvalue weighted by molar-refractivity contribution is 7.16. The number of rotatable bonds is 5. The number of nitrogens with two attached hydrogens (primary N) is 1. The molecule has 10 heteroatoms. The molecule has 0 saturated heterocycles. The second-order valence-corrected chi connectivity index (χ2v) is 7.88. The van der Waals surface area contributed by atoms with Crippen LogP contribution in [-0.2, 0) is 11.3 Å². The number of carbonyl (C=O) groups is 3. The molecule has 3 aromatic rings. The molecular weight excluding hydrogens is 430 g/mol. The number of fused-ring (bicyclic) bond motifs is 2. The normalized spacial score (nSPS) is 13.2. The fraction of sp³-hybridized carbons (Fsp3) is 0.182. The third kappa shape index (κ3) is 4.19. The van der Waals surface area contributed by atoms with E-state index in [2.05, 4.69) is 22.1 Å². The van der Waals surface area contributed by atoms with Crippen molar-refractivity contribution in [3.8, 4) is 17.6 Å². The quantitative estimate of drug-likeness (QED) is 0.309. The van der Waals surface area contributed by atoms with Crippen LogP contribution >= 0.6 is 11.3 Å². The van der Waals surface area contributed by atoms with Gasteiger partial charge in [-0.05, 0) is 29.8 Å². The summed E-state index contributed by atoms with van der Waals surface area (Å²) in [5.41, 5.74) is 10.9. The van der Waals surface area contributed by atoms with E-state index in [1.165, 1.54) is 18.4 Å². The summed E-state index contributed by atoms with van der Waals surface area (Å²) in [6.07, 6.45) is 0.275. The number of urea groups is 1. The van der Waals surface area contributed by atoms with E-state index in [4.69, 9.17) is 10.5 Å². The van der Waals surface area contributed by atoms with Gasteiger partial charge in [0.1, 0.15) is 11.8 Å². The molecule has 1 atom stereocenters. The van der Waals surface area contributed by atoms with Gasteiger partial charge in [-0.25, -0.2) is 9.78 Å². The van der Waals surface area contributed by atoms with Crippen molar-refractivity contribution in [2.75, 3.05) is 19.4 Å². The third-order valence-corrected chi connectivity index (χ3v) is 5.79. The zero-order chi connectivity index (χ0) is 22.7. The molecule has 4 N–H and O–H groups in total. The van der Waals surface area contributed by atoms with Crippen LogP contribution in [0.3, 0.4) is 0 Å². The molecule has 2 aromatic carbocycles. The van der Waals surface area contributed by atoms with Gasteiger partial charge in [-0.3, -0.25) is 14.9 Å². The van der Waals surface area contributed by atoms with Gasteiger partial charge < -0.3 is 20.7 Å². The second-order valence-electron chi connectivity index (χ2n) is 7.00. The highest BCUT2D eigenvalue weighted by Gasteiger charge is 2.29. The molecule has 0 saturated carbocycles. The predicted molar refractivity (Wildman–Crippen MR) is 120 cm³/mol. The molecule has 0 unspecified atom stereocenters. The summed E-state index contributed by atoms with van der Waals surface area (Å²) in [5, 5.41) is 4.64. The number of nitrogen functional groups attached to an aromatic ring is 1. The first kappa shape index (κ1) is 21.1. The Bertz CT molecular complexity index is 1280. The number of methoxy groups -OCH3 is 1. The van der Waals surface area contributed by atoms with Gasteiger partial charge in [0, 0.05) is 17.8 Å². The summed E-state index contributed by atoms with van der Waals surface area (Å²) in [6.45, 7) is 0.485. The van der Waals surface area contributed by atoms with Gasteiger partial charge in [0.15, 0.2) is 0 Å². The van der Waals surface area contributed by atoms with Crippen molar-refractivity contribution < 1.29 is 19.1 Å². The van der Waals surface area contributed by atoms with E-state index in [0.717, 1.165) is 10.3 Å². The van der Waals surface area contributed by atoms with Crippen molar-refractivity contribution in [1.29, 1.82) is 0 Å². The Morgan fingerprint density at radius 2 is 2.25 bits per heavy atom. The van der Waals surface area contributed by atoms with Gasteiger partial charge in [0.2, 0.25) is 6.41 Å². The molecule has 4 amide bonds. The van der Waals surface area contributed by atoms with Crippen LogP contribution in [0, 0.1) is 11.8 Å². The van der Waals surface area contributed by atoms with Crippen molar-refractivity contribution >= 4 is 45.6 Å². The number of nitrogens with zero attached hydrogens (tertiary/aromatic N) is 2. The van der Waals surface area contributed by atoms with Crippen LogP contribution in [-0.4, -0.2) is 47.9 Å². The summed E-state index contributed by atoms with van der Waals surface area (Å²) in [4.78, 5) is 41.4. The molecule has 0 spiro atoms. The van der Waals surface area contributed by atoms with Crippen molar-refractivity contribution in [3.63, 3.8) is 0 Å². The van der Waals surface area contributed by atoms with Crippen molar-refractivity contribution in [2.45, 2.75) is 12.6 Å². The van der Waals surface area contributed by atoms with E-state index in [1.54, 1.807) is 28.6 Å². The summed E-state index contributed by atoms with van der Waals surface area (Å²) in [5.74, 6) is 6.37. The molecule has 162 valence electrons. The molecule has 1 aliphatic rings. The highest BCUT2D eigenvalue weighted by atomic mass is 32.1. The van der Waals surface area contributed by atoms with Gasteiger partial charge in [-0.1, -0.05) is 17.9 Å². The molecule has 0 aliphatic carbocycles. The van der Waals surface area contributed by atoms with Crippen molar-refractivity contribution in [3.05, 3.63) is 52.5 Å². The van der Waals surface area contributed by atoms with E-state index in [-0.39, 0.29) is 18.9 Å². The highest BCUT2D eigenvalue weighted by Crippen LogP contribution is 2.27. The van der Waals surface area contributed by atoms with Crippen LogP contribution in [0.15, 0.2) is 35.8 Å². The molecule has 1 aliphatic heterocycles. The number of amides is 4. The Hall–Kier alpha value is -4.10. The lowest BCUT2D eigenvalue weighted by atomic mass is 10.1. The van der Waals surface area contributed by atoms with E-state index >= 15 is 0 Å². The lowest BCUT2D eigenvalue weighted by Gasteiger charge is -2.21. The van der Waals surface area contributed by atoms with Crippen LogP contribution in [0.2, 0.25) is 0 Å². The standard InChI is InChI=1S/C22H19N5O4S/c1-31-15-4-2-13-9-27(21(29)17(13)8-15)10-14(26-22(30)24-11-28)3-5-16-18(23)6-7-19-20(16)25-12-32-19/h2,4,6-8,11-12,14H,9-10,23H2,1H3,(H2,24,26,28,30)/t14-/m1/s1. The lowest BCUT2D eigenvalue weighted by Crippen LogP contribution is -2.46. The largest absolute Gasteiger partial charge is 0.497 e. The van der Waals surface area contributed by atoms with E-state index in [0.29, 0.717) is 34.6 Å². The maximum atomic E-state index is 12.9. The van der Waals surface area contributed by atoms with Crippen LogP contribution in [0.1, 0.15) is 21.5 Å². The zero-order valence-electron chi connectivity index (χ0n) is 17.0. The zero-order valence-corrected chi connectivity index (χ0v) is 17.9. The number of imide groups is 1. The van der Waals surface area contributed by atoms with Gasteiger partial charge >= 0.3 is 6.03 Å². The maximum absolute atomic E-state index is 12.9. The minimum atomic E-state index is -0.761. The first-order valence-corrected chi connectivity index (χ1v) is 10.5. The van der Waals surface area contributed by atoms with Crippen molar-refractivity contribution in [2.24, 2.45) is 0 Å². The fourth-order valence-electron chi connectivity index (χ4n) is 3.45. The van der Waals surface area contributed by atoms with Crippen LogP contribution in [0.25, 0.3) is 10.2 Å². The van der Waals surface area contributed by atoms with E-state index < -0.39 is 12.1 Å². The average Bonchev–Trinajstić information content (AvgIpc) is 3.37. The van der Waals surface area contributed by atoms with Crippen molar-refractivity contribution in [1.82, 2.24) is 20.5 Å². The molecular formula is C22H19N5O4S. The molecule has 0 fully saturated rings. The molecule has 4 rings (SSSR count). The van der Waals surface area contributed by atoms with Crippen LogP contribution in [0.5, 0.6) is 5.75 Å². The minimum Gasteiger partial charge on any atom is -0.497 e. The monoisotopic (exact) mass is 449 g/mol. The Morgan fingerprint density at radius 3 is 3.03 bits per heavy atom. The number of ether oxygens (including phenoxy) is 1. The number of aromatic nitrogens is 1. The minimum absolute atomic E-state index is 0.113. The topological polar surface area (TPSA) is 127 Å². The van der Waals surface area contributed by atoms with E-state index in [1.807, 2.05) is 17.4 Å². The summed E-state index contributed by atoms with van der Waals surface area (Å²) < 4.78 is 6.14. The third-order valence-electron chi connectivity index (χ3n) is 5.00. The molecule has 1 aromatic heterocycles. The summed E-state index contributed by atoms with van der Waals surface area (Å²) in [7, 11) is 1.54. The predicted octanol–water partition coefficient (Wildman–Crippen LogP) is 1.72. The lowest BCUT2D eigenvalue weighted by molar-refractivity contribution is -0.108. The summed E-state index contributed by atoms with van der Waals surface area (Å²) in [6, 6.07) is 7.46. The number of anilines is 1. The number of carbonyl (C=O) groups excluding carboxylic acids is 3. The first-order valence-electron chi connectivity index (χ1n) is 9.60. The van der Waals surface area contributed by atoms with Gasteiger partial charge in [-0.15, -0.1) is 11.3 Å². The Labute approximate surface area is 187 Å². The molecule has 0 radical (unpaired) electrons. The Morgan fingerprint density at radius 1 is 1.41 bits per heavy atom. The van der Waals surface area contributed by atoms with Crippen LogP contribution in [0.4, 0.5) is 10.5 Å². The van der Waals surface area contributed by atoms with Gasteiger partial charge in [-0.2, -0.15) is 0 Å². The number of hydrogen-bond donors (Lipinski definition) is 3. The number of thiazole rings is 1. The molecule has 9 nitrogen and oxygen atoms in total. The van der Waals surface area contributed by atoms with Crippen LogP contribution < -0.4 is 21.1 Å². The number of hydrogen-bond acceptors (Lipinski definition) is 7. The fourth-order valence-corrected chi connectivity index (χ4v) is 4.14. The molecule has 32 heavy (non-hydrogen) atoms. The Kier molecular flexibility index (Phi) is 5.91. The van der Waals surface area contributed by atoms with E-state index in [9.17, 15) is 14.4 Å². The smallest absolute Gasteiger partial charge is 0.322 e. The van der Waals surface area contributed by atoms with Gasteiger partial charge in [0.05, 0.1) is 34.9 Å². The number of benzene rings is 2. The first-order chi connectivity index (χ1) is 15.5. The second kappa shape index (κ2) is 8.95. The average molecular weight is 449 g/mol.